The van der Waals surface area contributed by atoms with E-state index in [0.717, 1.165) is 12.3 Å². The van der Waals surface area contributed by atoms with Crippen LogP contribution in [0.3, 0.4) is 0 Å². The second-order valence-electron chi connectivity index (χ2n) is 3.11. The minimum absolute atomic E-state index is 0.885. The molecule has 10 heavy (non-hydrogen) atoms. The van der Waals surface area contributed by atoms with Crippen molar-refractivity contribution >= 4 is 0 Å². The van der Waals surface area contributed by atoms with Crippen LogP contribution in [0, 0.1) is 12.8 Å². The molecule has 0 N–H and O–H groups in total. The van der Waals surface area contributed by atoms with Gasteiger partial charge in [0.1, 0.15) is 0 Å². The van der Waals surface area contributed by atoms with Gasteiger partial charge in [0.2, 0.25) is 0 Å². The van der Waals surface area contributed by atoms with Gasteiger partial charge in [-0.3, -0.25) is 0 Å². The molecular weight excluding hydrogens is 120 g/mol. The maximum atomic E-state index is 3.78. The summed E-state index contributed by atoms with van der Waals surface area (Å²) in [6, 6.07) is 0. The van der Waals surface area contributed by atoms with Crippen molar-refractivity contribution < 1.29 is 0 Å². The molecule has 0 amide bonds. The van der Waals surface area contributed by atoms with Crippen LogP contribution in [0.25, 0.3) is 0 Å². The fourth-order valence-corrected chi connectivity index (χ4v) is 1.62. The molecule has 0 atom stereocenters. The molecule has 0 unspecified atom stereocenters. The zero-order valence-electron chi connectivity index (χ0n) is 6.68. The third-order valence-corrected chi connectivity index (χ3v) is 2.22. The highest BCUT2D eigenvalue weighted by Crippen LogP contribution is 2.24. The molecule has 0 saturated heterocycles. The Bertz CT molecular complexity index is 96.6. The van der Waals surface area contributed by atoms with E-state index in [-0.39, 0.29) is 0 Å². The lowest BCUT2D eigenvalue weighted by atomic mass is 9.89. The number of allylic oxidation sites excluding steroid dienone is 2. The zero-order chi connectivity index (χ0) is 7.23. The Morgan fingerprint density at radius 3 is 2.50 bits per heavy atom. The summed E-state index contributed by atoms with van der Waals surface area (Å²) in [4.78, 5) is 0. The Hall–Kier alpha value is -0.260. The van der Waals surface area contributed by atoms with E-state index in [9.17, 15) is 0 Å². The summed E-state index contributed by atoms with van der Waals surface area (Å²) < 4.78 is 0. The number of hydrogen-bond donors (Lipinski definition) is 0. The van der Waals surface area contributed by atoms with Crippen molar-refractivity contribution in [1.29, 1.82) is 0 Å². The van der Waals surface area contributed by atoms with Crippen molar-refractivity contribution in [2.75, 3.05) is 0 Å². The Morgan fingerprint density at radius 2 is 1.90 bits per heavy atom. The third-order valence-electron chi connectivity index (χ3n) is 2.22. The van der Waals surface area contributed by atoms with Gasteiger partial charge in [-0.05, 0) is 32.1 Å². The highest BCUT2D eigenvalue weighted by atomic mass is 14.1. The predicted octanol–water partition coefficient (Wildman–Crippen LogP) is 3.35. The SMILES string of the molecule is [CH2]CC=CC1CCCCC1. The molecule has 0 aliphatic heterocycles. The molecule has 0 heteroatoms. The molecule has 0 spiro atoms. The first-order valence-electron chi connectivity index (χ1n) is 4.39. The quantitative estimate of drug-likeness (QED) is 0.512. The summed E-state index contributed by atoms with van der Waals surface area (Å²) >= 11 is 0. The van der Waals surface area contributed by atoms with Crippen molar-refractivity contribution in [3.63, 3.8) is 0 Å². The van der Waals surface area contributed by atoms with E-state index in [4.69, 9.17) is 0 Å². The van der Waals surface area contributed by atoms with Crippen molar-refractivity contribution in [1.82, 2.24) is 0 Å². The van der Waals surface area contributed by atoms with Crippen LogP contribution in [0.15, 0.2) is 12.2 Å². The highest BCUT2D eigenvalue weighted by Gasteiger charge is 2.08. The smallest absolute Gasteiger partial charge is 0.0234 e. The van der Waals surface area contributed by atoms with E-state index in [1.165, 1.54) is 32.1 Å². The summed E-state index contributed by atoms with van der Waals surface area (Å²) in [5, 5.41) is 0. The monoisotopic (exact) mass is 137 g/mol. The average molecular weight is 137 g/mol. The second kappa shape index (κ2) is 4.54. The predicted molar refractivity (Wildman–Crippen MR) is 45.7 cm³/mol. The Balaban J connectivity index is 2.19. The van der Waals surface area contributed by atoms with Crippen molar-refractivity contribution in [3.05, 3.63) is 19.1 Å². The molecule has 1 fully saturated rings. The van der Waals surface area contributed by atoms with E-state index in [0.29, 0.717) is 0 Å². The molecule has 0 aromatic heterocycles. The lowest BCUT2D eigenvalue weighted by molar-refractivity contribution is 0.419. The maximum Gasteiger partial charge on any atom is -0.0234 e. The lowest BCUT2D eigenvalue weighted by Gasteiger charge is -2.17. The van der Waals surface area contributed by atoms with Gasteiger partial charge in [-0.15, -0.1) is 0 Å². The van der Waals surface area contributed by atoms with Crippen LogP contribution in [0.2, 0.25) is 0 Å². The van der Waals surface area contributed by atoms with Crippen LogP contribution in [-0.2, 0) is 0 Å². The fourth-order valence-electron chi connectivity index (χ4n) is 1.62. The van der Waals surface area contributed by atoms with E-state index >= 15 is 0 Å². The van der Waals surface area contributed by atoms with Crippen LogP contribution < -0.4 is 0 Å². The largest absolute Gasteiger partial charge is 0.0883 e. The molecule has 1 aliphatic carbocycles. The van der Waals surface area contributed by atoms with Gasteiger partial charge >= 0.3 is 0 Å². The molecule has 0 aromatic carbocycles. The molecule has 1 saturated carbocycles. The molecular formula is C10H17. The van der Waals surface area contributed by atoms with Crippen LogP contribution in [-0.4, -0.2) is 0 Å². The van der Waals surface area contributed by atoms with Crippen molar-refractivity contribution in [3.8, 4) is 0 Å². The first-order chi connectivity index (χ1) is 4.93. The summed E-state index contributed by atoms with van der Waals surface area (Å²) in [5.41, 5.74) is 0. The molecule has 1 radical (unpaired) electrons. The molecule has 0 bridgehead atoms. The van der Waals surface area contributed by atoms with Crippen molar-refractivity contribution in [2.24, 2.45) is 5.92 Å². The lowest BCUT2D eigenvalue weighted by Crippen LogP contribution is -2.02. The normalized spacial score (nSPS) is 22.1. The number of hydrogen-bond acceptors (Lipinski definition) is 0. The third kappa shape index (κ3) is 2.55. The van der Waals surface area contributed by atoms with Gasteiger partial charge in [0.15, 0.2) is 0 Å². The Labute approximate surface area is 64.3 Å². The number of rotatable bonds is 2. The minimum Gasteiger partial charge on any atom is -0.0883 e. The average Bonchev–Trinajstić information content (AvgIpc) is 2.03. The second-order valence-corrected chi connectivity index (χ2v) is 3.11. The molecule has 0 heterocycles. The van der Waals surface area contributed by atoms with Gasteiger partial charge in [-0.2, -0.15) is 0 Å². The fraction of sp³-hybridized carbons (Fsp3) is 0.700. The van der Waals surface area contributed by atoms with Gasteiger partial charge in [0.05, 0.1) is 0 Å². The van der Waals surface area contributed by atoms with Crippen LogP contribution in [0.4, 0.5) is 0 Å². The van der Waals surface area contributed by atoms with Crippen molar-refractivity contribution in [2.45, 2.75) is 38.5 Å². The van der Waals surface area contributed by atoms with Gasteiger partial charge in [-0.1, -0.05) is 31.4 Å². The summed E-state index contributed by atoms with van der Waals surface area (Å²) in [6.45, 7) is 3.78. The highest BCUT2D eigenvalue weighted by molar-refractivity contribution is 4.90. The van der Waals surface area contributed by atoms with Gasteiger partial charge < -0.3 is 0 Å². The summed E-state index contributed by atoms with van der Waals surface area (Å²) in [5.74, 6) is 0.885. The Morgan fingerprint density at radius 1 is 1.20 bits per heavy atom. The topological polar surface area (TPSA) is 0 Å². The molecule has 0 nitrogen and oxygen atoms in total. The summed E-state index contributed by atoms with van der Waals surface area (Å²) in [6.07, 6.45) is 12.7. The first kappa shape index (κ1) is 7.84. The minimum atomic E-state index is 0.885. The van der Waals surface area contributed by atoms with E-state index < -0.39 is 0 Å². The standard InChI is InChI=1S/C10H17/c1-2-3-7-10-8-5-4-6-9-10/h3,7,10H,1-2,4-6,8-9H2. The van der Waals surface area contributed by atoms with Gasteiger partial charge in [-0.25, -0.2) is 0 Å². The maximum absolute atomic E-state index is 3.78. The van der Waals surface area contributed by atoms with E-state index in [2.05, 4.69) is 19.1 Å². The van der Waals surface area contributed by atoms with E-state index in [1.54, 1.807) is 0 Å². The first-order valence-corrected chi connectivity index (χ1v) is 4.39. The van der Waals surface area contributed by atoms with Crippen LogP contribution >= 0.6 is 0 Å². The van der Waals surface area contributed by atoms with Gasteiger partial charge in [0.25, 0.3) is 0 Å². The molecule has 57 valence electrons. The van der Waals surface area contributed by atoms with E-state index in [1.807, 2.05) is 0 Å². The van der Waals surface area contributed by atoms with Gasteiger partial charge in [0, 0.05) is 0 Å². The molecule has 1 aliphatic rings. The molecule has 0 aromatic rings. The Kier molecular flexibility index (Phi) is 3.56. The van der Waals surface area contributed by atoms with Crippen LogP contribution in [0.1, 0.15) is 38.5 Å². The summed E-state index contributed by atoms with van der Waals surface area (Å²) in [7, 11) is 0. The van der Waals surface area contributed by atoms with Crippen LogP contribution in [0.5, 0.6) is 0 Å². The zero-order valence-corrected chi connectivity index (χ0v) is 6.68. The molecule has 1 rings (SSSR count).